The number of alkyl halides is 3. The highest BCUT2D eigenvalue weighted by atomic mass is 19.4. The second-order valence-electron chi connectivity index (χ2n) is 4.41. The van der Waals surface area contributed by atoms with Crippen molar-refractivity contribution in [2.24, 2.45) is 15.3 Å². The molecule has 0 bridgehead atoms. The Morgan fingerprint density at radius 3 is 2.38 bits per heavy atom. The molecule has 2 aromatic rings. The van der Waals surface area contributed by atoms with Crippen LogP contribution >= 0.6 is 0 Å². The number of hydrazone groups is 1. The van der Waals surface area contributed by atoms with Crippen molar-refractivity contribution in [1.29, 1.82) is 5.26 Å². The summed E-state index contributed by atoms with van der Waals surface area (Å²) in [5, 5.41) is 19.7. The summed E-state index contributed by atoms with van der Waals surface area (Å²) in [6.07, 6.45) is -4.43. The van der Waals surface area contributed by atoms with Gasteiger partial charge in [-0.15, -0.1) is 15.3 Å². The summed E-state index contributed by atoms with van der Waals surface area (Å²) in [4.78, 5) is 0. The Morgan fingerprint density at radius 1 is 1.08 bits per heavy atom. The lowest BCUT2D eigenvalue weighted by atomic mass is 10.2. The second kappa shape index (κ2) is 7.32. The van der Waals surface area contributed by atoms with Crippen molar-refractivity contribution in [3.63, 3.8) is 0 Å². The van der Waals surface area contributed by atoms with Crippen molar-refractivity contribution in [3.8, 4) is 6.07 Å². The topological polar surface area (TPSA) is 72.9 Å². The van der Waals surface area contributed by atoms with Gasteiger partial charge in [0.05, 0.1) is 16.9 Å². The summed E-state index contributed by atoms with van der Waals surface area (Å²) in [6.45, 7) is 0. The highest BCUT2D eigenvalue weighted by Gasteiger charge is 2.29. The van der Waals surface area contributed by atoms with Gasteiger partial charge < -0.3 is 0 Å². The monoisotopic (exact) mass is 335 g/mol. The van der Waals surface area contributed by atoms with E-state index in [-0.39, 0.29) is 17.2 Å². The van der Waals surface area contributed by atoms with Crippen LogP contribution in [0.15, 0.2) is 63.9 Å². The van der Waals surface area contributed by atoms with Gasteiger partial charge in [-0.25, -0.2) is 4.39 Å². The first kappa shape index (κ1) is 17.1. The fourth-order valence-electron chi connectivity index (χ4n) is 1.56. The van der Waals surface area contributed by atoms with E-state index in [0.29, 0.717) is 0 Å². The first-order chi connectivity index (χ1) is 11.4. The Kier molecular flexibility index (Phi) is 5.21. The maximum absolute atomic E-state index is 13.0. The van der Waals surface area contributed by atoms with Crippen molar-refractivity contribution in [1.82, 2.24) is 0 Å². The second-order valence-corrected chi connectivity index (χ2v) is 4.41. The Hall–Kier alpha value is -3.28. The summed E-state index contributed by atoms with van der Waals surface area (Å²) in [5.41, 5.74) is 2.01. The average Bonchev–Trinajstić information content (AvgIpc) is 2.55. The molecule has 0 aliphatic heterocycles. The van der Waals surface area contributed by atoms with Gasteiger partial charge in [-0.3, -0.25) is 5.43 Å². The van der Waals surface area contributed by atoms with Crippen LogP contribution in [0.4, 0.5) is 28.9 Å². The van der Waals surface area contributed by atoms with Gasteiger partial charge in [0, 0.05) is 6.07 Å². The molecule has 0 aliphatic carbocycles. The van der Waals surface area contributed by atoms with Gasteiger partial charge in [-0.05, 0) is 36.4 Å². The van der Waals surface area contributed by atoms with Crippen LogP contribution in [0.3, 0.4) is 0 Å². The zero-order chi connectivity index (χ0) is 17.6. The van der Waals surface area contributed by atoms with E-state index in [1.165, 1.54) is 18.2 Å². The average molecular weight is 335 g/mol. The molecule has 24 heavy (non-hydrogen) atoms. The van der Waals surface area contributed by atoms with Gasteiger partial charge in [0.1, 0.15) is 11.9 Å². The van der Waals surface area contributed by atoms with Gasteiger partial charge >= 0.3 is 6.18 Å². The summed E-state index contributed by atoms with van der Waals surface area (Å²) >= 11 is 0. The number of rotatable bonds is 3. The van der Waals surface area contributed by atoms with E-state index >= 15 is 0 Å². The molecular weight excluding hydrogens is 326 g/mol. The van der Waals surface area contributed by atoms with E-state index in [2.05, 4.69) is 20.8 Å². The molecule has 0 aliphatic rings. The number of nitriles is 1. The zero-order valence-corrected chi connectivity index (χ0v) is 11.9. The zero-order valence-electron chi connectivity index (χ0n) is 11.9. The Bertz CT molecular complexity index is 804. The van der Waals surface area contributed by atoms with Crippen LogP contribution in [0.25, 0.3) is 0 Å². The van der Waals surface area contributed by atoms with Gasteiger partial charge in [0.15, 0.2) is 0 Å². The number of nitrogens with zero attached hydrogens (tertiary/aromatic N) is 4. The predicted molar refractivity (Wildman–Crippen MR) is 79.0 cm³/mol. The molecule has 0 heterocycles. The summed E-state index contributed by atoms with van der Waals surface area (Å²) in [7, 11) is 0. The molecule has 0 amide bonds. The van der Waals surface area contributed by atoms with Crippen LogP contribution in [-0.4, -0.2) is 5.84 Å². The van der Waals surface area contributed by atoms with Gasteiger partial charge in [-0.2, -0.15) is 18.4 Å². The lowest BCUT2D eigenvalue weighted by Crippen LogP contribution is -2.04. The minimum Gasteiger partial charge on any atom is -0.276 e. The van der Waals surface area contributed by atoms with Crippen LogP contribution in [0.2, 0.25) is 0 Å². The summed E-state index contributed by atoms with van der Waals surface area (Å²) < 4.78 is 50.3. The SMILES string of the molecule is N#CC(/N=N/c1cccc(F)c1)=N\Nc1ccc(C(F)(F)F)cc1. The molecule has 0 radical (unpaired) electrons. The first-order valence-electron chi connectivity index (χ1n) is 6.47. The molecule has 0 unspecified atom stereocenters. The lowest BCUT2D eigenvalue weighted by molar-refractivity contribution is -0.137. The molecule has 122 valence electrons. The van der Waals surface area contributed by atoms with Crippen LogP contribution in [0.5, 0.6) is 0 Å². The first-order valence-corrected chi connectivity index (χ1v) is 6.47. The number of hydrogen-bond donors (Lipinski definition) is 1. The molecule has 0 spiro atoms. The molecule has 9 heteroatoms. The van der Waals surface area contributed by atoms with Crippen LogP contribution in [0.1, 0.15) is 5.56 Å². The molecule has 0 fully saturated rings. The third-order valence-electron chi connectivity index (χ3n) is 2.67. The Morgan fingerprint density at radius 2 is 1.79 bits per heavy atom. The van der Waals surface area contributed by atoms with Crippen molar-refractivity contribution < 1.29 is 17.6 Å². The van der Waals surface area contributed by atoms with Gasteiger partial charge in [0.25, 0.3) is 5.84 Å². The smallest absolute Gasteiger partial charge is 0.276 e. The minimum absolute atomic E-state index is 0.187. The van der Waals surface area contributed by atoms with E-state index in [1.54, 1.807) is 6.07 Å². The quantitative estimate of drug-likeness (QED) is 0.285. The fraction of sp³-hybridized carbons (Fsp3) is 0.0667. The lowest BCUT2D eigenvalue weighted by Gasteiger charge is -2.06. The highest BCUT2D eigenvalue weighted by molar-refractivity contribution is 5.97. The third kappa shape index (κ3) is 4.88. The standard InChI is InChI=1S/C15H9F4N5/c16-11-2-1-3-13(8-11)22-24-14(9-20)23-21-12-6-4-10(5-7-12)15(17,18)19/h1-8,21H/b23-14+,24-22+. The van der Waals surface area contributed by atoms with E-state index in [4.69, 9.17) is 5.26 Å². The molecule has 2 rings (SSSR count). The Labute approximate surface area is 134 Å². The van der Waals surface area contributed by atoms with E-state index in [1.807, 2.05) is 0 Å². The molecule has 0 saturated heterocycles. The largest absolute Gasteiger partial charge is 0.416 e. The Balaban J connectivity index is 2.07. The fourth-order valence-corrected chi connectivity index (χ4v) is 1.56. The molecule has 1 N–H and O–H groups in total. The van der Waals surface area contributed by atoms with Crippen LogP contribution < -0.4 is 5.43 Å². The highest BCUT2D eigenvalue weighted by Crippen LogP contribution is 2.29. The summed E-state index contributed by atoms with van der Waals surface area (Å²) in [6, 6.07) is 10.9. The molecule has 5 nitrogen and oxygen atoms in total. The number of halogens is 4. The number of amidine groups is 1. The van der Waals surface area contributed by atoms with Crippen molar-refractivity contribution in [2.45, 2.75) is 6.18 Å². The van der Waals surface area contributed by atoms with Gasteiger partial charge in [0.2, 0.25) is 0 Å². The third-order valence-corrected chi connectivity index (χ3v) is 2.67. The molecule has 2 aromatic carbocycles. The van der Waals surface area contributed by atoms with Crippen molar-refractivity contribution >= 4 is 17.2 Å². The number of benzene rings is 2. The predicted octanol–water partition coefficient (Wildman–Crippen LogP) is 4.88. The van der Waals surface area contributed by atoms with Crippen LogP contribution in [0, 0.1) is 17.1 Å². The number of anilines is 1. The molecular formula is C15H9F4N5. The molecule has 0 saturated carbocycles. The van der Waals surface area contributed by atoms with Crippen molar-refractivity contribution in [2.75, 3.05) is 5.43 Å². The maximum atomic E-state index is 13.0. The van der Waals surface area contributed by atoms with E-state index < -0.39 is 17.6 Å². The molecule has 0 atom stereocenters. The van der Waals surface area contributed by atoms with Crippen LogP contribution in [-0.2, 0) is 6.18 Å². The number of azo groups is 1. The minimum atomic E-state index is -4.43. The number of nitrogens with one attached hydrogen (secondary N) is 1. The molecule has 0 aromatic heterocycles. The van der Waals surface area contributed by atoms with Gasteiger partial charge in [-0.1, -0.05) is 6.07 Å². The van der Waals surface area contributed by atoms with E-state index in [0.717, 1.165) is 30.3 Å². The number of hydrogen-bond acceptors (Lipinski definition) is 4. The van der Waals surface area contributed by atoms with Crippen molar-refractivity contribution in [3.05, 3.63) is 59.9 Å². The maximum Gasteiger partial charge on any atom is 0.416 e. The summed E-state index contributed by atoms with van der Waals surface area (Å²) in [5.74, 6) is -0.885. The van der Waals surface area contributed by atoms with E-state index in [9.17, 15) is 17.6 Å². The normalized spacial score (nSPS) is 12.2.